The number of carboxylic acids is 1. The van der Waals surface area contributed by atoms with Gasteiger partial charge in [-0.1, -0.05) is 13.3 Å². The molecule has 1 rings (SSSR count). The molecular formula is C10H15NO5. The summed E-state index contributed by atoms with van der Waals surface area (Å²) in [6.07, 6.45) is 0.259. The molecule has 0 aliphatic carbocycles. The van der Waals surface area contributed by atoms with E-state index in [2.05, 4.69) is 4.74 Å². The van der Waals surface area contributed by atoms with Crippen LogP contribution in [0.2, 0.25) is 0 Å². The largest absolute Gasteiger partial charge is 0.481 e. The van der Waals surface area contributed by atoms with Crippen LogP contribution in [0.4, 0.5) is 4.79 Å². The second-order valence-electron chi connectivity index (χ2n) is 3.69. The van der Waals surface area contributed by atoms with Gasteiger partial charge in [-0.2, -0.15) is 0 Å². The summed E-state index contributed by atoms with van der Waals surface area (Å²) in [6, 6.07) is 0. The van der Waals surface area contributed by atoms with Crippen molar-refractivity contribution in [2.75, 3.05) is 13.2 Å². The van der Waals surface area contributed by atoms with Crippen LogP contribution in [0.5, 0.6) is 0 Å². The molecule has 1 heterocycles. The number of amides is 2. The van der Waals surface area contributed by atoms with E-state index in [1.807, 2.05) is 6.92 Å². The summed E-state index contributed by atoms with van der Waals surface area (Å²) >= 11 is 0. The first-order valence-electron chi connectivity index (χ1n) is 5.26. The van der Waals surface area contributed by atoms with Gasteiger partial charge in [0, 0.05) is 5.92 Å². The molecular weight excluding hydrogens is 214 g/mol. The van der Waals surface area contributed by atoms with Crippen LogP contribution in [0.15, 0.2) is 0 Å². The second-order valence-corrected chi connectivity index (χ2v) is 3.69. The topological polar surface area (TPSA) is 83.9 Å². The minimum absolute atomic E-state index is 0.191. The number of hydrogen-bond donors (Lipinski definition) is 1. The first-order valence-corrected chi connectivity index (χ1v) is 5.26. The predicted molar refractivity (Wildman–Crippen MR) is 53.7 cm³/mol. The van der Waals surface area contributed by atoms with Gasteiger partial charge in [0.25, 0.3) is 0 Å². The number of aliphatic carboxylic acids is 1. The molecule has 1 aliphatic heterocycles. The third kappa shape index (κ3) is 2.95. The number of carboxylic acid groups (broad SMARTS) is 1. The van der Waals surface area contributed by atoms with Gasteiger partial charge in [-0.05, 0) is 6.42 Å². The lowest BCUT2D eigenvalue weighted by molar-refractivity contribution is -0.143. The van der Waals surface area contributed by atoms with E-state index in [-0.39, 0.29) is 19.6 Å². The molecule has 0 saturated carbocycles. The Bertz CT molecular complexity index is 302. The molecule has 6 heteroatoms. The molecule has 1 N–H and O–H groups in total. The molecule has 1 aliphatic rings. The molecule has 0 spiro atoms. The second kappa shape index (κ2) is 5.48. The SMILES string of the molecule is CCCC(CC(=O)O)C(=O)N1CCOC1=O. The monoisotopic (exact) mass is 229 g/mol. The summed E-state index contributed by atoms with van der Waals surface area (Å²) in [5.74, 6) is -2.10. The zero-order valence-corrected chi connectivity index (χ0v) is 9.14. The summed E-state index contributed by atoms with van der Waals surface area (Å²) in [7, 11) is 0. The highest BCUT2D eigenvalue weighted by Crippen LogP contribution is 2.17. The summed E-state index contributed by atoms with van der Waals surface area (Å²) in [5.41, 5.74) is 0. The van der Waals surface area contributed by atoms with Crippen molar-refractivity contribution in [3.63, 3.8) is 0 Å². The number of rotatable bonds is 5. The fourth-order valence-corrected chi connectivity index (χ4v) is 1.69. The minimum Gasteiger partial charge on any atom is -0.481 e. The lowest BCUT2D eigenvalue weighted by atomic mass is 9.98. The highest BCUT2D eigenvalue weighted by molar-refractivity contribution is 5.95. The van der Waals surface area contributed by atoms with Crippen LogP contribution in [0.3, 0.4) is 0 Å². The first-order chi connectivity index (χ1) is 7.56. The molecule has 16 heavy (non-hydrogen) atoms. The molecule has 0 aromatic heterocycles. The normalized spacial score (nSPS) is 17.1. The Kier molecular flexibility index (Phi) is 4.28. The molecule has 1 fully saturated rings. The van der Waals surface area contributed by atoms with Gasteiger partial charge < -0.3 is 9.84 Å². The van der Waals surface area contributed by atoms with Crippen molar-refractivity contribution in [1.29, 1.82) is 0 Å². The van der Waals surface area contributed by atoms with E-state index in [9.17, 15) is 14.4 Å². The van der Waals surface area contributed by atoms with E-state index < -0.39 is 23.9 Å². The Labute approximate surface area is 93.2 Å². The minimum atomic E-state index is -1.03. The molecule has 90 valence electrons. The van der Waals surface area contributed by atoms with Crippen LogP contribution in [0, 0.1) is 5.92 Å². The number of nitrogens with zero attached hydrogens (tertiary/aromatic N) is 1. The molecule has 6 nitrogen and oxygen atoms in total. The quantitative estimate of drug-likeness (QED) is 0.755. The van der Waals surface area contributed by atoms with Crippen LogP contribution in [-0.2, 0) is 14.3 Å². The van der Waals surface area contributed by atoms with Crippen LogP contribution < -0.4 is 0 Å². The van der Waals surface area contributed by atoms with Gasteiger partial charge in [0.2, 0.25) is 5.91 Å². The van der Waals surface area contributed by atoms with Crippen LogP contribution in [-0.4, -0.2) is 41.1 Å². The van der Waals surface area contributed by atoms with Crippen LogP contribution in [0.1, 0.15) is 26.2 Å². The van der Waals surface area contributed by atoms with E-state index in [0.29, 0.717) is 12.8 Å². The number of ether oxygens (including phenoxy) is 1. The molecule has 0 bridgehead atoms. The number of cyclic esters (lactones) is 1. The van der Waals surface area contributed by atoms with E-state index in [1.165, 1.54) is 0 Å². The molecule has 0 radical (unpaired) electrons. The van der Waals surface area contributed by atoms with Gasteiger partial charge in [0.15, 0.2) is 0 Å². The molecule has 1 unspecified atom stereocenters. The zero-order valence-electron chi connectivity index (χ0n) is 9.14. The van der Waals surface area contributed by atoms with Crippen molar-refractivity contribution in [2.24, 2.45) is 5.92 Å². The third-order valence-electron chi connectivity index (χ3n) is 2.43. The lowest BCUT2D eigenvalue weighted by Crippen LogP contribution is -2.37. The number of hydrogen-bond acceptors (Lipinski definition) is 4. The third-order valence-corrected chi connectivity index (χ3v) is 2.43. The summed E-state index contributed by atoms with van der Waals surface area (Å²) in [4.78, 5) is 34.6. The molecule has 2 amide bonds. The van der Waals surface area contributed by atoms with Crippen molar-refractivity contribution in [3.8, 4) is 0 Å². The Morgan fingerprint density at radius 2 is 2.25 bits per heavy atom. The van der Waals surface area contributed by atoms with Gasteiger partial charge in [0.05, 0.1) is 13.0 Å². The Morgan fingerprint density at radius 3 is 2.69 bits per heavy atom. The lowest BCUT2D eigenvalue weighted by Gasteiger charge is -2.18. The maximum atomic E-state index is 11.8. The number of carbonyl (C=O) groups excluding carboxylic acids is 2. The zero-order chi connectivity index (χ0) is 12.1. The van der Waals surface area contributed by atoms with E-state index in [1.54, 1.807) is 0 Å². The Morgan fingerprint density at radius 1 is 1.56 bits per heavy atom. The van der Waals surface area contributed by atoms with Gasteiger partial charge in [0.1, 0.15) is 6.61 Å². The summed E-state index contributed by atoms with van der Waals surface area (Å²) in [5, 5.41) is 8.68. The average molecular weight is 229 g/mol. The fourth-order valence-electron chi connectivity index (χ4n) is 1.69. The maximum absolute atomic E-state index is 11.8. The highest BCUT2D eigenvalue weighted by atomic mass is 16.6. The summed E-state index contributed by atoms with van der Waals surface area (Å²) < 4.78 is 4.64. The van der Waals surface area contributed by atoms with Gasteiger partial charge >= 0.3 is 12.1 Å². The van der Waals surface area contributed by atoms with Gasteiger partial charge in [-0.25, -0.2) is 9.69 Å². The van der Waals surface area contributed by atoms with Crippen molar-refractivity contribution < 1.29 is 24.2 Å². The first kappa shape index (κ1) is 12.5. The van der Waals surface area contributed by atoms with Crippen molar-refractivity contribution in [2.45, 2.75) is 26.2 Å². The maximum Gasteiger partial charge on any atom is 0.416 e. The molecule has 1 saturated heterocycles. The highest BCUT2D eigenvalue weighted by Gasteiger charge is 2.33. The predicted octanol–water partition coefficient (Wildman–Crippen LogP) is 0.856. The van der Waals surface area contributed by atoms with E-state index >= 15 is 0 Å². The standard InChI is InChI=1S/C10H15NO5/c1-2-3-7(6-8(12)13)9(14)11-4-5-16-10(11)15/h7H,2-6H2,1H3,(H,12,13). The summed E-state index contributed by atoms with van der Waals surface area (Å²) in [6.45, 7) is 2.28. The average Bonchev–Trinajstić information content (AvgIpc) is 2.62. The van der Waals surface area contributed by atoms with Gasteiger partial charge in [-0.3, -0.25) is 9.59 Å². The smallest absolute Gasteiger partial charge is 0.416 e. The molecule has 1 atom stereocenters. The van der Waals surface area contributed by atoms with Gasteiger partial charge in [-0.15, -0.1) is 0 Å². The van der Waals surface area contributed by atoms with E-state index in [4.69, 9.17) is 5.11 Å². The Balaban J connectivity index is 2.65. The Hall–Kier alpha value is -1.59. The molecule has 0 aromatic carbocycles. The van der Waals surface area contributed by atoms with Crippen LogP contribution >= 0.6 is 0 Å². The van der Waals surface area contributed by atoms with E-state index in [0.717, 1.165) is 4.90 Å². The van der Waals surface area contributed by atoms with Crippen LogP contribution in [0.25, 0.3) is 0 Å². The van der Waals surface area contributed by atoms with Crippen molar-refractivity contribution >= 4 is 18.0 Å². The number of carbonyl (C=O) groups is 3. The van der Waals surface area contributed by atoms with Crippen molar-refractivity contribution in [1.82, 2.24) is 4.90 Å². The molecule has 0 aromatic rings. The fraction of sp³-hybridized carbons (Fsp3) is 0.700. The number of imide groups is 1. The van der Waals surface area contributed by atoms with Crippen molar-refractivity contribution in [3.05, 3.63) is 0 Å².